The van der Waals surface area contributed by atoms with Crippen LogP contribution < -0.4 is 0 Å². The highest BCUT2D eigenvalue weighted by atomic mass is 32.2. The van der Waals surface area contributed by atoms with Gasteiger partial charge in [-0.15, -0.1) is 0 Å². The summed E-state index contributed by atoms with van der Waals surface area (Å²) in [7, 11) is 1.96. The van der Waals surface area contributed by atoms with E-state index in [-0.39, 0.29) is 5.91 Å². The maximum absolute atomic E-state index is 13.0. The topological polar surface area (TPSA) is 50.7 Å². The average Bonchev–Trinajstić information content (AvgIpc) is 3.35. The van der Waals surface area contributed by atoms with Crippen molar-refractivity contribution in [3.63, 3.8) is 0 Å². The molecule has 3 heterocycles. The zero-order chi connectivity index (χ0) is 17.9. The van der Waals surface area contributed by atoms with Crippen LogP contribution in [0.3, 0.4) is 0 Å². The van der Waals surface area contributed by atoms with E-state index in [0.717, 1.165) is 17.0 Å². The summed E-state index contributed by atoms with van der Waals surface area (Å²) in [5, 5.41) is 0.653. The van der Waals surface area contributed by atoms with E-state index >= 15 is 0 Å². The molecule has 1 fully saturated rings. The van der Waals surface area contributed by atoms with E-state index in [1.54, 1.807) is 11.2 Å². The van der Waals surface area contributed by atoms with Gasteiger partial charge in [0.2, 0.25) is 0 Å². The van der Waals surface area contributed by atoms with Gasteiger partial charge in [0, 0.05) is 19.4 Å². The fraction of sp³-hybridized carbons (Fsp3) is 0.100. The van der Waals surface area contributed by atoms with Crippen molar-refractivity contribution in [3.8, 4) is 0 Å². The monoisotopic (exact) mass is 363 g/mol. The van der Waals surface area contributed by atoms with Gasteiger partial charge in [0.1, 0.15) is 5.76 Å². The molecular weight excluding hydrogens is 346 g/mol. The number of aliphatic imine (C=N–C) groups is 1. The lowest BCUT2D eigenvalue weighted by Gasteiger charge is -2.13. The van der Waals surface area contributed by atoms with Gasteiger partial charge >= 0.3 is 0 Å². The highest BCUT2D eigenvalue weighted by molar-refractivity contribution is 8.18. The van der Waals surface area contributed by atoms with Gasteiger partial charge in [-0.3, -0.25) is 9.69 Å². The van der Waals surface area contributed by atoms with Gasteiger partial charge in [-0.1, -0.05) is 18.2 Å². The third-order valence-electron chi connectivity index (χ3n) is 3.92. The van der Waals surface area contributed by atoms with Crippen LogP contribution in [0.2, 0.25) is 0 Å². The molecule has 0 radical (unpaired) electrons. The lowest BCUT2D eigenvalue weighted by molar-refractivity contribution is -0.122. The van der Waals surface area contributed by atoms with Gasteiger partial charge in [-0.2, -0.15) is 0 Å². The Hall–Kier alpha value is -2.99. The van der Waals surface area contributed by atoms with E-state index in [4.69, 9.17) is 4.42 Å². The number of thioether (sulfide) groups is 1. The van der Waals surface area contributed by atoms with Gasteiger partial charge in [-0.05, 0) is 53.7 Å². The fourth-order valence-electron chi connectivity index (χ4n) is 2.66. The van der Waals surface area contributed by atoms with Crippen LogP contribution in [0.5, 0.6) is 0 Å². The van der Waals surface area contributed by atoms with E-state index in [2.05, 4.69) is 4.99 Å². The van der Waals surface area contributed by atoms with Crippen LogP contribution in [-0.4, -0.2) is 20.5 Å². The predicted octanol–water partition coefficient (Wildman–Crippen LogP) is 4.42. The Morgan fingerprint density at radius 2 is 2.00 bits per heavy atom. The van der Waals surface area contributed by atoms with Crippen LogP contribution >= 0.6 is 11.8 Å². The minimum absolute atomic E-state index is 0.0649. The molecule has 1 saturated heterocycles. The number of aromatic nitrogens is 1. The number of amides is 1. The summed E-state index contributed by atoms with van der Waals surface area (Å²) >= 11 is 1.38. The largest absolute Gasteiger partial charge is 0.467 e. The molecule has 5 nitrogen and oxygen atoms in total. The molecule has 0 atom stereocenters. The Morgan fingerprint density at radius 1 is 1.15 bits per heavy atom. The van der Waals surface area contributed by atoms with Crippen LogP contribution in [0.15, 0.2) is 81.5 Å². The van der Waals surface area contributed by atoms with Crippen molar-refractivity contribution in [2.75, 3.05) is 0 Å². The number of para-hydroxylation sites is 1. The van der Waals surface area contributed by atoms with Crippen LogP contribution in [0, 0.1) is 0 Å². The van der Waals surface area contributed by atoms with Crippen LogP contribution in [0.4, 0.5) is 5.69 Å². The summed E-state index contributed by atoms with van der Waals surface area (Å²) < 4.78 is 7.37. The minimum atomic E-state index is -0.0649. The second kappa shape index (κ2) is 7.09. The maximum Gasteiger partial charge on any atom is 0.267 e. The second-order valence-corrected chi connectivity index (χ2v) is 6.93. The normalized spacial score (nSPS) is 17.6. The first kappa shape index (κ1) is 16.5. The Labute approximate surface area is 155 Å². The fourth-order valence-corrected chi connectivity index (χ4v) is 3.66. The highest BCUT2D eigenvalue weighted by Gasteiger charge is 2.34. The molecule has 6 heteroatoms. The number of aryl methyl sites for hydroxylation is 1. The summed E-state index contributed by atoms with van der Waals surface area (Å²) in [6.45, 7) is 0.358. The molecule has 4 rings (SSSR count). The molecule has 0 spiro atoms. The van der Waals surface area contributed by atoms with Crippen molar-refractivity contribution in [2.24, 2.45) is 12.0 Å². The maximum atomic E-state index is 13.0. The number of hydrogen-bond acceptors (Lipinski definition) is 4. The lowest BCUT2D eigenvalue weighted by Crippen LogP contribution is -2.28. The molecule has 0 unspecified atom stereocenters. The molecule has 2 aromatic heterocycles. The summed E-state index contributed by atoms with van der Waals surface area (Å²) in [5.41, 5.74) is 1.80. The van der Waals surface area contributed by atoms with E-state index < -0.39 is 0 Å². The first-order valence-corrected chi connectivity index (χ1v) is 9.00. The number of carbonyl (C=O) groups excluding carboxylic acids is 1. The van der Waals surface area contributed by atoms with Crippen molar-refractivity contribution >= 4 is 34.6 Å². The Kier molecular flexibility index (Phi) is 4.50. The zero-order valence-corrected chi connectivity index (χ0v) is 15.0. The third-order valence-corrected chi connectivity index (χ3v) is 4.92. The van der Waals surface area contributed by atoms with Crippen molar-refractivity contribution < 1.29 is 9.21 Å². The Morgan fingerprint density at radius 3 is 2.69 bits per heavy atom. The predicted molar refractivity (Wildman–Crippen MR) is 104 cm³/mol. The number of furan rings is 1. The van der Waals surface area contributed by atoms with Crippen molar-refractivity contribution in [1.29, 1.82) is 0 Å². The standard InChI is InChI=1S/C20H17N3O2S/c1-22-10-9-15(13-22)12-18-19(24)23(14-17-8-5-11-25-17)20(26-18)21-16-6-3-2-4-7-16/h2-13H,14H2,1H3/b18-12+,21-20?. The molecule has 1 aliphatic heterocycles. The Balaban J connectivity index is 1.69. The molecule has 0 aliphatic carbocycles. The van der Waals surface area contributed by atoms with Gasteiger partial charge in [0.05, 0.1) is 23.4 Å². The van der Waals surface area contributed by atoms with E-state index in [1.807, 2.05) is 78.6 Å². The molecule has 1 aromatic carbocycles. The van der Waals surface area contributed by atoms with Crippen LogP contribution in [-0.2, 0) is 18.4 Å². The Bertz CT molecular complexity index is 972. The van der Waals surface area contributed by atoms with E-state index in [0.29, 0.717) is 16.6 Å². The highest BCUT2D eigenvalue weighted by Crippen LogP contribution is 2.35. The van der Waals surface area contributed by atoms with Crippen molar-refractivity contribution in [3.05, 3.63) is 83.4 Å². The molecule has 1 aliphatic rings. The molecule has 1 amide bonds. The first-order valence-electron chi connectivity index (χ1n) is 8.18. The SMILES string of the molecule is Cn1ccc(/C=C2/SC(=Nc3ccccc3)N(Cc3ccco3)C2=O)c1. The zero-order valence-electron chi connectivity index (χ0n) is 14.2. The second-order valence-electron chi connectivity index (χ2n) is 5.92. The van der Waals surface area contributed by atoms with E-state index in [1.165, 1.54) is 11.8 Å². The number of carbonyl (C=O) groups is 1. The number of hydrogen-bond donors (Lipinski definition) is 0. The van der Waals surface area contributed by atoms with E-state index in [9.17, 15) is 4.79 Å². The molecule has 3 aromatic rings. The number of benzene rings is 1. The molecule has 0 N–H and O–H groups in total. The molecule has 0 saturated carbocycles. The summed E-state index contributed by atoms with van der Waals surface area (Å²) in [6.07, 6.45) is 7.44. The summed E-state index contributed by atoms with van der Waals surface area (Å²) in [4.78, 5) is 19.9. The average molecular weight is 363 g/mol. The van der Waals surface area contributed by atoms with Gasteiger partial charge in [-0.25, -0.2) is 4.99 Å². The number of amidine groups is 1. The smallest absolute Gasteiger partial charge is 0.267 e. The number of rotatable bonds is 4. The molecule has 26 heavy (non-hydrogen) atoms. The number of nitrogens with zero attached hydrogens (tertiary/aromatic N) is 3. The lowest BCUT2D eigenvalue weighted by atomic mass is 10.3. The summed E-state index contributed by atoms with van der Waals surface area (Å²) in [5.74, 6) is 0.658. The molecular formula is C20H17N3O2S. The van der Waals surface area contributed by atoms with Gasteiger partial charge in [0.15, 0.2) is 5.17 Å². The van der Waals surface area contributed by atoms with Crippen molar-refractivity contribution in [1.82, 2.24) is 9.47 Å². The third kappa shape index (κ3) is 3.50. The van der Waals surface area contributed by atoms with Crippen LogP contribution in [0.25, 0.3) is 6.08 Å². The first-order chi connectivity index (χ1) is 12.7. The minimum Gasteiger partial charge on any atom is -0.467 e. The van der Waals surface area contributed by atoms with Gasteiger partial charge < -0.3 is 8.98 Å². The quantitative estimate of drug-likeness (QED) is 0.645. The summed E-state index contributed by atoms with van der Waals surface area (Å²) in [6, 6.07) is 15.3. The van der Waals surface area contributed by atoms with Gasteiger partial charge in [0.25, 0.3) is 5.91 Å². The molecule has 130 valence electrons. The molecule has 0 bridgehead atoms. The van der Waals surface area contributed by atoms with Crippen molar-refractivity contribution in [2.45, 2.75) is 6.54 Å². The van der Waals surface area contributed by atoms with Crippen LogP contribution in [0.1, 0.15) is 11.3 Å².